The van der Waals surface area contributed by atoms with Crippen LogP contribution in [-0.4, -0.2) is 19.3 Å². The molecule has 27 heavy (non-hydrogen) atoms. The van der Waals surface area contributed by atoms with Gasteiger partial charge in [0.2, 0.25) is 5.95 Å². The second kappa shape index (κ2) is 6.59. The number of halogens is 3. The van der Waals surface area contributed by atoms with E-state index in [1.165, 1.54) is 23.0 Å². The molecule has 0 aliphatic carbocycles. The molecule has 0 saturated heterocycles. The first kappa shape index (κ1) is 17.4. The average molecular weight is 387 g/mol. The molecule has 0 aliphatic rings. The summed E-state index contributed by atoms with van der Waals surface area (Å²) in [5, 5.41) is 4.71. The standard InChI is InChI=1S/C19H13ClF2N4O/c1-11-18(20)16(8-17(22)24-11)25-7-6-15-13(19(25)27)9-23-26(15)10-12-4-2-3-5-14(12)21/h2-9H,10H2,1H3. The molecule has 0 aliphatic heterocycles. The van der Waals surface area contributed by atoms with Gasteiger partial charge >= 0.3 is 0 Å². The third kappa shape index (κ3) is 3.00. The molecule has 4 rings (SSSR count). The first-order valence-electron chi connectivity index (χ1n) is 8.09. The Balaban J connectivity index is 1.84. The van der Waals surface area contributed by atoms with E-state index < -0.39 is 11.5 Å². The molecule has 4 aromatic rings. The quantitative estimate of drug-likeness (QED) is 0.502. The van der Waals surface area contributed by atoms with E-state index in [0.717, 1.165) is 6.07 Å². The number of rotatable bonds is 3. The first-order chi connectivity index (χ1) is 13.0. The van der Waals surface area contributed by atoms with Crippen LogP contribution in [0.25, 0.3) is 16.6 Å². The van der Waals surface area contributed by atoms with Gasteiger partial charge in [-0.3, -0.25) is 14.0 Å². The zero-order chi connectivity index (χ0) is 19.1. The zero-order valence-corrected chi connectivity index (χ0v) is 14.9. The third-order valence-corrected chi connectivity index (χ3v) is 4.79. The number of aromatic nitrogens is 4. The molecule has 0 radical (unpaired) electrons. The molecule has 8 heteroatoms. The summed E-state index contributed by atoms with van der Waals surface area (Å²) < 4.78 is 30.4. The molecule has 5 nitrogen and oxygen atoms in total. The van der Waals surface area contributed by atoms with Crippen LogP contribution in [0.3, 0.4) is 0 Å². The Bertz CT molecular complexity index is 1230. The minimum absolute atomic E-state index is 0.184. The maximum Gasteiger partial charge on any atom is 0.266 e. The van der Waals surface area contributed by atoms with Gasteiger partial charge in [0.25, 0.3) is 5.56 Å². The molecular formula is C19H13ClF2N4O. The molecule has 0 spiro atoms. The molecule has 0 saturated carbocycles. The maximum absolute atomic E-state index is 13.9. The Hall–Kier alpha value is -3.06. The highest BCUT2D eigenvalue weighted by Crippen LogP contribution is 2.23. The normalized spacial score (nSPS) is 11.3. The van der Waals surface area contributed by atoms with Crippen molar-refractivity contribution in [1.82, 2.24) is 19.3 Å². The SMILES string of the molecule is Cc1nc(F)cc(-n2ccc3c(cnn3Cc3ccccc3F)c2=O)c1Cl. The fourth-order valence-corrected chi connectivity index (χ4v) is 3.15. The smallest absolute Gasteiger partial charge is 0.266 e. The predicted octanol–water partition coefficient (Wildman–Crippen LogP) is 3.87. The van der Waals surface area contributed by atoms with Crippen LogP contribution in [0.5, 0.6) is 0 Å². The zero-order valence-electron chi connectivity index (χ0n) is 14.2. The average Bonchev–Trinajstić information content (AvgIpc) is 3.04. The Morgan fingerprint density at radius 2 is 1.96 bits per heavy atom. The summed E-state index contributed by atoms with van der Waals surface area (Å²) in [6, 6.07) is 9.14. The van der Waals surface area contributed by atoms with E-state index in [-0.39, 0.29) is 28.8 Å². The molecule has 0 bridgehead atoms. The number of hydrogen-bond acceptors (Lipinski definition) is 3. The maximum atomic E-state index is 13.9. The lowest BCUT2D eigenvalue weighted by Gasteiger charge is -2.10. The molecule has 0 N–H and O–H groups in total. The van der Waals surface area contributed by atoms with Gasteiger partial charge in [0.05, 0.1) is 40.0 Å². The van der Waals surface area contributed by atoms with Crippen molar-refractivity contribution in [3.05, 3.63) is 87.2 Å². The number of hydrogen-bond donors (Lipinski definition) is 0. The van der Waals surface area contributed by atoms with Crippen molar-refractivity contribution in [2.45, 2.75) is 13.5 Å². The summed E-state index contributed by atoms with van der Waals surface area (Å²) in [5.74, 6) is -1.07. The van der Waals surface area contributed by atoms with Crippen LogP contribution in [0.15, 0.2) is 53.6 Å². The second-order valence-corrected chi connectivity index (χ2v) is 6.42. The summed E-state index contributed by atoms with van der Waals surface area (Å²) in [7, 11) is 0. The molecule has 3 aromatic heterocycles. The molecular weight excluding hydrogens is 374 g/mol. The van der Waals surface area contributed by atoms with Crippen molar-refractivity contribution in [2.75, 3.05) is 0 Å². The van der Waals surface area contributed by atoms with E-state index in [4.69, 9.17) is 11.6 Å². The van der Waals surface area contributed by atoms with Gasteiger partial charge in [-0.05, 0) is 19.1 Å². The van der Waals surface area contributed by atoms with Gasteiger partial charge in [0.15, 0.2) is 0 Å². The van der Waals surface area contributed by atoms with Crippen LogP contribution in [0.2, 0.25) is 5.02 Å². The Morgan fingerprint density at radius 3 is 2.74 bits per heavy atom. The number of benzene rings is 1. The first-order valence-corrected chi connectivity index (χ1v) is 8.47. The van der Waals surface area contributed by atoms with Crippen molar-refractivity contribution in [3.63, 3.8) is 0 Å². The number of pyridine rings is 2. The lowest BCUT2D eigenvalue weighted by molar-refractivity contribution is 0.578. The van der Waals surface area contributed by atoms with Crippen LogP contribution in [0.4, 0.5) is 8.78 Å². The van der Waals surface area contributed by atoms with E-state index in [9.17, 15) is 13.6 Å². The van der Waals surface area contributed by atoms with Gasteiger partial charge in [-0.25, -0.2) is 9.37 Å². The third-order valence-electron chi connectivity index (χ3n) is 4.32. The Labute approximate surface area is 157 Å². The molecule has 136 valence electrons. The Morgan fingerprint density at radius 1 is 1.19 bits per heavy atom. The number of nitrogens with zero attached hydrogens (tertiary/aromatic N) is 4. The minimum atomic E-state index is -0.728. The highest BCUT2D eigenvalue weighted by atomic mass is 35.5. The monoisotopic (exact) mass is 386 g/mol. The van der Waals surface area contributed by atoms with Crippen molar-refractivity contribution < 1.29 is 8.78 Å². The van der Waals surface area contributed by atoms with Crippen LogP contribution >= 0.6 is 11.6 Å². The van der Waals surface area contributed by atoms with E-state index in [1.54, 1.807) is 35.9 Å². The topological polar surface area (TPSA) is 52.7 Å². The Kier molecular flexibility index (Phi) is 4.24. The molecule has 0 unspecified atom stereocenters. The summed E-state index contributed by atoms with van der Waals surface area (Å²) >= 11 is 6.20. The van der Waals surface area contributed by atoms with Crippen LogP contribution < -0.4 is 5.56 Å². The van der Waals surface area contributed by atoms with Crippen molar-refractivity contribution in [2.24, 2.45) is 0 Å². The largest absolute Gasteiger partial charge is 0.282 e. The van der Waals surface area contributed by atoms with Crippen molar-refractivity contribution in [1.29, 1.82) is 0 Å². The molecule has 0 atom stereocenters. The van der Waals surface area contributed by atoms with Gasteiger partial charge in [0, 0.05) is 17.8 Å². The summed E-state index contributed by atoms with van der Waals surface area (Å²) in [5.41, 5.74) is 1.09. The molecule has 3 heterocycles. The minimum Gasteiger partial charge on any atom is -0.282 e. The van der Waals surface area contributed by atoms with Crippen molar-refractivity contribution >= 4 is 22.5 Å². The van der Waals surface area contributed by atoms with E-state index in [0.29, 0.717) is 16.5 Å². The highest BCUT2D eigenvalue weighted by molar-refractivity contribution is 6.33. The van der Waals surface area contributed by atoms with Crippen LogP contribution in [0.1, 0.15) is 11.3 Å². The lowest BCUT2D eigenvalue weighted by atomic mass is 10.2. The predicted molar refractivity (Wildman–Crippen MR) is 98.3 cm³/mol. The van der Waals surface area contributed by atoms with Gasteiger partial charge in [-0.2, -0.15) is 9.49 Å². The fraction of sp³-hybridized carbons (Fsp3) is 0.105. The van der Waals surface area contributed by atoms with Gasteiger partial charge in [-0.15, -0.1) is 0 Å². The summed E-state index contributed by atoms with van der Waals surface area (Å²) in [6.07, 6.45) is 2.90. The van der Waals surface area contributed by atoms with E-state index in [1.807, 2.05) is 0 Å². The summed E-state index contributed by atoms with van der Waals surface area (Å²) in [6.45, 7) is 1.74. The molecule has 0 amide bonds. The van der Waals surface area contributed by atoms with Crippen LogP contribution in [0, 0.1) is 18.7 Å². The van der Waals surface area contributed by atoms with Crippen molar-refractivity contribution in [3.8, 4) is 5.69 Å². The number of fused-ring (bicyclic) bond motifs is 1. The lowest BCUT2D eigenvalue weighted by Crippen LogP contribution is -2.18. The molecule has 1 aromatic carbocycles. The van der Waals surface area contributed by atoms with E-state index in [2.05, 4.69) is 10.1 Å². The van der Waals surface area contributed by atoms with Crippen LogP contribution in [-0.2, 0) is 6.54 Å². The number of aryl methyl sites for hydroxylation is 1. The van der Waals surface area contributed by atoms with Gasteiger partial charge in [0.1, 0.15) is 5.82 Å². The highest BCUT2D eigenvalue weighted by Gasteiger charge is 2.15. The second-order valence-electron chi connectivity index (χ2n) is 6.05. The van der Waals surface area contributed by atoms with Gasteiger partial charge in [-0.1, -0.05) is 29.8 Å². The summed E-state index contributed by atoms with van der Waals surface area (Å²) in [4.78, 5) is 16.5. The fourth-order valence-electron chi connectivity index (χ4n) is 2.96. The molecule has 0 fully saturated rings. The van der Waals surface area contributed by atoms with Gasteiger partial charge < -0.3 is 0 Å². The van der Waals surface area contributed by atoms with E-state index >= 15 is 0 Å².